The van der Waals surface area contributed by atoms with Gasteiger partial charge in [-0.25, -0.2) is 0 Å². The third-order valence-corrected chi connectivity index (χ3v) is 3.30. The molecule has 0 spiro atoms. The van der Waals surface area contributed by atoms with Gasteiger partial charge in [0.25, 0.3) is 0 Å². The summed E-state index contributed by atoms with van der Waals surface area (Å²) >= 11 is 0. The van der Waals surface area contributed by atoms with Crippen LogP contribution in [0.2, 0.25) is 0 Å². The minimum atomic E-state index is -0.397. The predicted octanol–water partition coefficient (Wildman–Crippen LogP) is 2.46. The Morgan fingerprint density at radius 2 is 2.00 bits per heavy atom. The SMILES string of the molecule is CCCC(C)N[C@H]1CC[C@](C)(O)CC1. The maximum atomic E-state index is 9.80. The quantitative estimate of drug-likeness (QED) is 0.729. The Kier molecular flexibility index (Phi) is 4.39. The monoisotopic (exact) mass is 199 g/mol. The van der Waals surface area contributed by atoms with Crippen molar-refractivity contribution in [3.05, 3.63) is 0 Å². The van der Waals surface area contributed by atoms with Crippen LogP contribution in [0.15, 0.2) is 0 Å². The Bertz CT molecular complexity index is 158. The molecule has 1 atom stereocenters. The molecule has 0 aromatic rings. The topological polar surface area (TPSA) is 32.3 Å². The third-order valence-electron chi connectivity index (χ3n) is 3.30. The molecular formula is C12H25NO. The van der Waals surface area contributed by atoms with Crippen LogP contribution in [0.1, 0.15) is 59.3 Å². The van der Waals surface area contributed by atoms with Gasteiger partial charge < -0.3 is 10.4 Å². The summed E-state index contributed by atoms with van der Waals surface area (Å²) in [5.74, 6) is 0. The molecule has 0 radical (unpaired) electrons. The fourth-order valence-electron chi connectivity index (χ4n) is 2.33. The Balaban J connectivity index is 2.22. The zero-order valence-electron chi connectivity index (χ0n) is 9.84. The highest BCUT2D eigenvalue weighted by Crippen LogP contribution is 2.27. The average molecular weight is 199 g/mol. The van der Waals surface area contributed by atoms with E-state index in [-0.39, 0.29) is 0 Å². The van der Waals surface area contributed by atoms with E-state index in [2.05, 4.69) is 19.2 Å². The fourth-order valence-corrected chi connectivity index (χ4v) is 2.33. The predicted molar refractivity (Wildman–Crippen MR) is 60.4 cm³/mol. The molecule has 84 valence electrons. The first-order valence-corrected chi connectivity index (χ1v) is 6.02. The van der Waals surface area contributed by atoms with Crippen molar-refractivity contribution in [3.63, 3.8) is 0 Å². The summed E-state index contributed by atoms with van der Waals surface area (Å²) in [5.41, 5.74) is -0.397. The lowest BCUT2D eigenvalue weighted by molar-refractivity contribution is 0.0130. The van der Waals surface area contributed by atoms with Crippen molar-refractivity contribution in [1.82, 2.24) is 5.32 Å². The van der Waals surface area contributed by atoms with E-state index in [4.69, 9.17) is 0 Å². The van der Waals surface area contributed by atoms with E-state index in [1.165, 1.54) is 12.8 Å². The molecule has 2 nitrogen and oxygen atoms in total. The van der Waals surface area contributed by atoms with Gasteiger partial charge >= 0.3 is 0 Å². The summed E-state index contributed by atoms with van der Waals surface area (Å²) in [6.07, 6.45) is 6.65. The van der Waals surface area contributed by atoms with Crippen molar-refractivity contribution in [1.29, 1.82) is 0 Å². The van der Waals surface area contributed by atoms with Crippen LogP contribution in [0.5, 0.6) is 0 Å². The molecule has 14 heavy (non-hydrogen) atoms. The minimum Gasteiger partial charge on any atom is -0.390 e. The number of hydrogen-bond donors (Lipinski definition) is 2. The summed E-state index contributed by atoms with van der Waals surface area (Å²) in [6.45, 7) is 6.44. The van der Waals surface area contributed by atoms with Gasteiger partial charge in [0.15, 0.2) is 0 Å². The molecule has 1 fully saturated rings. The number of nitrogens with one attached hydrogen (secondary N) is 1. The van der Waals surface area contributed by atoms with Crippen LogP contribution >= 0.6 is 0 Å². The van der Waals surface area contributed by atoms with Gasteiger partial charge in [0.2, 0.25) is 0 Å². The van der Waals surface area contributed by atoms with Gasteiger partial charge in [0.1, 0.15) is 0 Å². The van der Waals surface area contributed by atoms with Crippen molar-refractivity contribution in [2.24, 2.45) is 0 Å². The van der Waals surface area contributed by atoms with E-state index >= 15 is 0 Å². The lowest BCUT2D eigenvalue weighted by atomic mass is 9.83. The van der Waals surface area contributed by atoms with Crippen molar-refractivity contribution in [2.75, 3.05) is 0 Å². The van der Waals surface area contributed by atoms with Gasteiger partial charge in [-0.3, -0.25) is 0 Å². The average Bonchev–Trinajstić information content (AvgIpc) is 2.09. The van der Waals surface area contributed by atoms with Gasteiger partial charge in [0.05, 0.1) is 5.60 Å². The minimum absolute atomic E-state index is 0.397. The first kappa shape index (κ1) is 12.0. The highest BCUT2D eigenvalue weighted by Gasteiger charge is 2.28. The molecule has 1 rings (SSSR count). The molecule has 1 aliphatic rings. The largest absolute Gasteiger partial charge is 0.390 e. The molecule has 0 aromatic carbocycles. The van der Waals surface area contributed by atoms with Crippen LogP contribution < -0.4 is 5.32 Å². The van der Waals surface area contributed by atoms with E-state index in [1.807, 2.05) is 6.92 Å². The summed E-state index contributed by atoms with van der Waals surface area (Å²) < 4.78 is 0. The van der Waals surface area contributed by atoms with E-state index in [0.717, 1.165) is 25.7 Å². The second-order valence-corrected chi connectivity index (χ2v) is 5.13. The van der Waals surface area contributed by atoms with Crippen molar-refractivity contribution >= 4 is 0 Å². The second-order valence-electron chi connectivity index (χ2n) is 5.13. The number of aliphatic hydroxyl groups is 1. The molecule has 0 amide bonds. The molecule has 1 saturated carbocycles. The lowest BCUT2D eigenvalue weighted by Crippen LogP contribution is -2.43. The molecule has 1 aliphatic carbocycles. The summed E-state index contributed by atoms with van der Waals surface area (Å²) in [5, 5.41) is 13.4. The zero-order chi connectivity index (χ0) is 10.6. The molecular weight excluding hydrogens is 174 g/mol. The molecule has 0 saturated heterocycles. The maximum absolute atomic E-state index is 9.80. The van der Waals surface area contributed by atoms with Crippen molar-refractivity contribution in [3.8, 4) is 0 Å². The van der Waals surface area contributed by atoms with Gasteiger partial charge in [-0.1, -0.05) is 13.3 Å². The van der Waals surface area contributed by atoms with Crippen molar-refractivity contribution in [2.45, 2.75) is 77.0 Å². The normalized spacial score (nSPS) is 35.6. The van der Waals surface area contributed by atoms with Crippen LogP contribution in [0.25, 0.3) is 0 Å². The maximum Gasteiger partial charge on any atom is 0.0621 e. The van der Waals surface area contributed by atoms with Crippen LogP contribution in [0, 0.1) is 0 Å². The van der Waals surface area contributed by atoms with Gasteiger partial charge in [0, 0.05) is 12.1 Å². The standard InChI is InChI=1S/C12H25NO/c1-4-5-10(2)13-11-6-8-12(3,14)9-7-11/h10-11,13-14H,4-9H2,1-3H3/t10?,11-,12-. The molecule has 2 heteroatoms. The van der Waals surface area contributed by atoms with Crippen molar-refractivity contribution < 1.29 is 5.11 Å². The van der Waals surface area contributed by atoms with Crippen LogP contribution in [0.4, 0.5) is 0 Å². The molecule has 0 aliphatic heterocycles. The van der Waals surface area contributed by atoms with E-state index in [1.54, 1.807) is 0 Å². The molecule has 1 unspecified atom stereocenters. The van der Waals surface area contributed by atoms with Gasteiger partial charge in [-0.2, -0.15) is 0 Å². The third kappa shape index (κ3) is 3.97. The summed E-state index contributed by atoms with van der Waals surface area (Å²) in [6, 6.07) is 1.27. The Labute approximate surface area is 88.1 Å². The van der Waals surface area contributed by atoms with E-state index in [9.17, 15) is 5.11 Å². The second kappa shape index (κ2) is 5.13. The highest BCUT2D eigenvalue weighted by molar-refractivity contribution is 4.85. The molecule has 0 bridgehead atoms. The first-order chi connectivity index (χ1) is 6.53. The fraction of sp³-hybridized carbons (Fsp3) is 1.00. The Morgan fingerprint density at radius 3 is 2.50 bits per heavy atom. The van der Waals surface area contributed by atoms with Crippen LogP contribution in [-0.4, -0.2) is 22.8 Å². The molecule has 0 aromatic heterocycles. The lowest BCUT2D eigenvalue weighted by Gasteiger charge is -2.34. The van der Waals surface area contributed by atoms with Gasteiger partial charge in [-0.05, 0) is 46.0 Å². The number of hydrogen-bond acceptors (Lipinski definition) is 2. The summed E-state index contributed by atoms with van der Waals surface area (Å²) in [4.78, 5) is 0. The molecule has 0 heterocycles. The summed E-state index contributed by atoms with van der Waals surface area (Å²) in [7, 11) is 0. The van der Waals surface area contributed by atoms with Gasteiger partial charge in [-0.15, -0.1) is 0 Å². The van der Waals surface area contributed by atoms with Crippen LogP contribution in [-0.2, 0) is 0 Å². The highest BCUT2D eigenvalue weighted by atomic mass is 16.3. The Morgan fingerprint density at radius 1 is 1.43 bits per heavy atom. The zero-order valence-corrected chi connectivity index (χ0v) is 9.84. The smallest absolute Gasteiger partial charge is 0.0621 e. The van der Waals surface area contributed by atoms with E-state index < -0.39 is 5.60 Å². The number of rotatable bonds is 4. The first-order valence-electron chi connectivity index (χ1n) is 6.02. The molecule has 2 N–H and O–H groups in total. The Hall–Kier alpha value is -0.0800. The van der Waals surface area contributed by atoms with Crippen LogP contribution in [0.3, 0.4) is 0 Å². The van der Waals surface area contributed by atoms with E-state index in [0.29, 0.717) is 12.1 Å².